The molecule has 26 radical (unpaired) electrons. The molecule has 5 aromatic carbocycles. The van der Waals surface area contributed by atoms with Crippen LogP contribution in [0.15, 0.2) is 30.3 Å². The van der Waals surface area contributed by atoms with Crippen molar-refractivity contribution in [1.82, 2.24) is 0 Å². The molecule has 0 N–H and O–H groups in total. The van der Waals surface area contributed by atoms with Gasteiger partial charge in [0.25, 0.3) is 0 Å². The smallest absolute Gasteiger partial charge is 0.112 e. The van der Waals surface area contributed by atoms with Crippen molar-refractivity contribution < 1.29 is 0 Å². The summed E-state index contributed by atoms with van der Waals surface area (Å²) in [5, 5.41) is 1.50. The molecule has 0 spiro atoms. The largest absolute Gasteiger partial charge is 0.113 e. The summed E-state index contributed by atoms with van der Waals surface area (Å²) < 4.78 is 0. The molecule has 148 valence electrons. The highest BCUT2D eigenvalue weighted by molar-refractivity contribution is 6.73. The fraction of sp³-hybridized carbons (Fsp3) is 0. The average Bonchev–Trinajstić information content (AvgIpc) is 2.94. The van der Waals surface area contributed by atoms with Crippen LogP contribution in [-0.4, -0.2) is 102 Å². The second kappa shape index (κ2) is 9.83. The number of fused-ring (bicyclic) bond motifs is 2. The number of hydrogen-bond acceptors (Lipinski definition) is 0. The Kier molecular flexibility index (Phi) is 7.06. The van der Waals surface area contributed by atoms with Crippen molar-refractivity contribution in [3.05, 3.63) is 30.3 Å². The maximum Gasteiger partial charge on any atom is 0.113 e. The average molecular weight is 458 g/mol. The van der Waals surface area contributed by atoms with Gasteiger partial charge in [-0.25, -0.2) is 0 Å². The molecule has 0 aromatic heterocycles. The van der Waals surface area contributed by atoms with Crippen molar-refractivity contribution in [3.8, 4) is 22.3 Å². The van der Waals surface area contributed by atoms with E-state index >= 15 is 0 Å². The van der Waals surface area contributed by atoms with Gasteiger partial charge < -0.3 is 0 Å². The van der Waals surface area contributed by atoms with Crippen molar-refractivity contribution in [1.29, 1.82) is 0 Å². The molecular formula is C26H5B13. The molecule has 5 rings (SSSR count). The van der Waals surface area contributed by atoms with Crippen LogP contribution in [0.4, 0.5) is 0 Å². The highest BCUT2D eigenvalue weighted by Crippen LogP contribution is 2.39. The molecule has 5 aromatic rings. The molecule has 0 nitrogen and oxygen atoms in total. The fourth-order valence-corrected chi connectivity index (χ4v) is 5.21. The Morgan fingerprint density at radius 3 is 0.897 bits per heavy atom. The van der Waals surface area contributed by atoms with Crippen molar-refractivity contribution in [2.45, 2.75) is 0 Å². The lowest BCUT2D eigenvalue weighted by Gasteiger charge is -2.31. The first-order chi connectivity index (χ1) is 18.3. The SMILES string of the molecule is [B]c1c([B])c([B])c(-c2c3c([B])c([B])c([B])c([B])c3c(-c3ccccc3)c3c([B])c([B])c([B])c([B])c23)c([B])c1[B]. The molecule has 0 aliphatic heterocycles. The van der Waals surface area contributed by atoms with Crippen molar-refractivity contribution in [2.24, 2.45) is 0 Å². The van der Waals surface area contributed by atoms with Crippen LogP contribution in [-0.2, 0) is 0 Å². The number of hydrogen-bond donors (Lipinski definition) is 0. The molecule has 0 amide bonds. The van der Waals surface area contributed by atoms with Gasteiger partial charge in [0, 0.05) is 0 Å². The van der Waals surface area contributed by atoms with Crippen LogP contribution >= 0.6 is 0 Å². The standard InChI is InChI=1S/C26H5B13/c27-14-9-7(6-4-2-1-3-5-6)10-12(17(30)23(36)21(34)15(10)28)8(11(9)16(29)22(35)20(14)33)13-18(31)24(37)26(39)25(38)19(13)32/h1-5H. The molecule has 0 heterocycles. The summed E-state index contributed by atoms with van der Waals surface area (Å²) >= 11 is 0. The van der Waals surface area contributed by atoms with Crippen LogP contribution in [0.3, 0.4) is 0 Å². The van der Waals surface area contributed by atoms with Gasteiger partial charge in [-0.05, 0) is 43.8 Å². The first-order valence-electron chi connectivity index (χ1n) is 11.7. The van der Waals surface area contributed by atoms with E-state index in [0.29, 0.717) is 38.2 Å². The highest BCUT2D eigenvalue weighted by atomic mass is 14.3. The van der Waals surface area contributed by atoms with Crippen LogP contribution in [0.2, 0.25) is 0 Å². The van der Waals surface area contributed by atoms with Gasteiger partial charge in [-0.3, -0.25) is 0 Å². The van der Waals surface area contributed by atoms with Gasteiger partial charge in [-0.1, -0.05) is 63.1 Å². The molecule has 0 bridgehead atoms. The molecule has 0 saturated heterocycles. The first kappa shape index (κ1) is 28.0. The molecule has 0 saturated carbocycles. The summed E-state index contributed by atoms with van der Waals surface area (Å²) in [5.41, 5.74) is 2.54. The number of benzene rings is 5. The molecule has 0 aliphatic carbocycles. The van der Waals surface area contributed by atoms with Crippen LogP contribution in [0, 0.1) is 0 Å². The van der Waals surface area contributed by atoms with Crippen molar-refractivity contribution >= 4 is 195 Å². The van der Waals surface area contributed by atoms with Crippen molar-refractivity contribution in [2.75, 3.05) is 0 Å². The van der Waals surface area contributed by atoms with E-state index in [0.717, 1.165) is 0 Å². The maximum atomic E-state index is 6.67. The topological polar surface area (TPSA) is 0 Å². The van der Waals surface area contributed by atoms with Gasteiger partial charge >= 0.3 is 0 Å². The minimum absolute atomic E-state index is 0.00931. The van der Waals surface area contributed by atoms with Gasteiger partial charge in [0.05, 0.1) is 0 Å². The van der Waals surface area contributed by atoms with E-state index in [1.54, 1.807) is 0 Å². The normalized spacial score (nSPS) is 11.4. The summed E-state index contributed by atoms with van der Waals surface area (Å²) in [7, 11) is 83.7. The van der Waals surface area contributed by atoms with Crippen molar-refractivity contribution in [3.63, 3.8) is 0 Å². The summed E-state index contributed by atoms with van der Waals surface area (Å²) in [6.07, 6.45) is 0. The lowest BCUT2D eigenvalue weighted by Crippen LogP contribution is -2.55. The van der Waals surface area contributed by atoms with E-state index in [1.165, 1.54) is 0 Å². The van der Waals surface area contributed by atoms with Gasteiger partial charge in [-0.15, -0.1) is 38.2 Å². The van der Waals surface area contributed by atoms with Crippen LogP contribution in [0.5, 0.6) is 0 Å². The quantitative estimate of drug-likeness (QED) is 0.182. The third-order valence-corrected chi connectivity index (χ3v) is 7.33. The Bertz CT molecular complexity index is 1770. The second-order valence-electron chi connectivity index (χ2n) is 9.37. The summed E-state index contributed by atoms with van der Waals surface area (Å²) in [6, 6.07) is 9.27. The van der Waals surface area contributed by atoms with E-state index in [9.17, 15) is 0 Å². The second-order valence-corrected chi connectivity index (χ2v) is 9.37. The molecule has 0 atom stereocenters. The summed E-state index contributed by atoms with van der Waals surface area (Å²) in [5.74, 6) is 0. The number of rotatable bonds is 2. The third-order valence-electron chi connectivity index (χ3n) is 7.33. The van der Waals surface area contributed by atoms with E-state index in [2.05, 4.69) is 0 Å². The van der Waals surface area contributed by atoms with Gasteiger partial charge in [0.1, 0.15) is 102 Å². The Morgan fingerprint density at radius 2 is 0.538 bits per heavy atom. The highest BCUT2D eigenvalue weighted by Gasteiger charge is 2.26. The molecular weight excluding hydrogens is 453 g/mol. The lowest BCUT2D eigenvalue weighted by atomic mass is 9.56. The lowest BCUT2D eigenvalue weighted by molar-refractivity contribution is 1.69. The zero-order chi connectivity index (χ0) is 28.7. The van der Waals surface area contributed by atoms with E-state index in [1.807, 2.05) is 30.3 Å². The summed E-state index contributed by atoms with van der Waals surface area (Å²) in [6.45, 7) is 0. The van der Waals surface area contributed by atoms with Crippen LogP contribution in [0.25, 0.3) is 43.8 Å². The molecule has 0 aliphatic rings. The molecule has 13 heteroatoms. The monoisotopic (exact) mass is 460 g/mol. The van der Waals surface area contributed by atoms with Crippen LogP contribution in [0.1, 0.15) is 0 Å². The minimum Gasteiger partial charge on any atom is -0.112 e. The summed E-state index contributed by atoms with van der Waals surface area (Å²) in [4.78, 5) is 0. The molecule has 0 unspecified atom stereocenters. The molecule has 39 heavy (non-hydrogen) atoms. The Labute approximate surface area is 246 Å². The Hall–Kier alpha value is -2.54. The van der Waals surface area contributed by atoms with E-state index < -0.39 is 0 Å². The fourth-order valence-electron chi connectivity index (χ4n) is 5.21. The molecule has 0 fully saturated rings. The van der Waals surface area contributed by atoms with Crippen LogP contribution < -0.4 is 71.0 Å². The van der Waals surface area contributed by atoms with Gasteiger partial charge in [0.15, 0.2) is 0 Å². The zero-order valence-electron chi connectivity index (χ0n) is 20.9. The van der Waals surface area contributed by atoms with Gasteiger partial charge in [-0.2, -0.15) is 0 Å². The third kappa shape index (κ3) is 3.86. The Morgan fingerprint density at radius 1 is 0.256 bits per heavy atom. The first-order valence-corrected chi connectivity index (χ1v) is 11.7. The predicted molar refractivity (Wildman–Crippen MR) is 182 cm³/mol. The maximum absolute atomic E-state index is 6.67. The van der Waals surface area contributed by atoms with E-state index in [4.69, 9.17) is 102 Å². The minimum atomic E-state index is 0.00931. The Balaban J connectivity index is 2.30. The predicted octanol–water partition coefficient (Wildman–Crippen LogP) is -8.35. The van der Waals surface area contributed by atoms with E-state index in [-0.39, 0.29) is 76.6 Å². The zero-order valence-corrected chi connectivity index (χ0v) is 20.9. The van der Waals surface area contributed by atoms with Gasteiger partial charge in [0.2, 0.25) is 0 Å².